The molecular weight excluding hydrogens is 514 g/mol. The monoisotopic (exact) mass is 551 g/mol. The van der Waals surface area contributed by atoms with Gasteiger partial charge in [0, 0.05) is 62.3 Å². The lowest BCUT2D eigenvalue weighted by molar-refractivity contribution is -0.147. The van der Waals surface area contributed by atoms with Crippen molar-refractivity contribution in [2.75, 3.05) is 37.6 Å². The fraction of sp³-hybridized carbons (Fsp3) is 0.303. The maximum Gasteiger partial charge on any atom is 0.252 e. The molecule has 2 heterocycles. The molecule has 0 spiro atoms. The van der Waals surface area contributed by atoms with E-state index < -0.39 is 11.9 Å². The van der Waals surface area contributed by atoms with E-state index in [2.05, 4.69) is 32.2 Å². The van der Waals surface area contributed by atoms with Gasteiger partial charge in [0.05, 0.1) is 13.1 Å². The summed E-state index contributed by atoms with van der Waals surface area (Å²) in [4.78, 5) is 49.0. The standard InChI is InChI=1S/C33H37N5O3/c1-24-10-6-7-11-26(24)22-38(25(2)39)33(41)31(20-27-21-34-30-15-9-8-14-29(27)30)35-32(40)23-36-16-18-37(19-17-36)28-12-4-3-5-13-28/h3-15,21,31,34H,16-20,22-23H2,1-2H3,(H,35,40). The smallest absolute Gasteiger partial charge is 0.252 e. The number of aromatic nitrogens is 1. The summed E-state index contributed by atoms with van der Waals surface area (Å²) in [5.74, 6) is -0.988. The van der Waals surface area contributed by atoms with E-state index in [9.17, 15) is 14.4 Å². The number of piperazine rings is 1. The van der Waals surface area contributed by atoms with E-state index in [1.165, 1.54) is 17.5 Å². The van der Waals surface area contributed by atoms with Gasteiger partial charge in [0.2, 0.25) is 11.8 Å². The maximum absolute atomic E-state index is 14.0. The highest BCUT2D eigenvalue weighted by atomic mass is 16.2. The zero-order chi connectivity index (χ0) is 28.8. The molecule has 3 amide bonds. The molecule has 0 bridgehead atoms. The fourth-order valence-electron chi connectivity index (χ4n) is 5.46. The van der Waals surface area contributed by atoms with Gasteiger partial charge in [-0.1, -0.05) is 60.7 Å². The third-order valence-electron chi connectivity index (χ3n) is 7.83. The van der Waals surface area contributed by atoms with Crippen molar-refractivity contribution in [3.05, 3.63) is 102 Å². The number of H-pyrrole nitrogens is 1. The minimum absolute atomic E-state index is 0.155. The maximum atomic E-state index is 14.0. The summed E-state index contributed by atoms with van der Waals surface area (Å²) in [6.45, 7) is 6.84. The number of carbonyl (C=O) groups is 3. The van der Waals surface area contributed by atoms with Crippen molar-refractivity contribution in [1.29, 1.82) is 0 Å². The highest BCUT2D eigenvalue weighted by Gasteiger charge is 2.30. The van der Waals surface area contributed by atoms with Crippen molar-refractivity contribution < 1.29 is 14.4 Å². The van der Waals surface area contributed by atoms with Crippen molar-refractivity contribution in [2.24, 2.45) is 0 Å². The Morgan fingerprint density at radius 1 is 0.878 bits per heavy atom. The molecule has 0 aliphatic carbocycles. The Balaban J connectivity index is 1.31. The Kier molecular flexibility index (Phi) is 8.79. The normalized spacial score (nSPS) is 14.5. The Morgan fingerprint density at radius 3 is 2.29 bits per heavy atom. The Morgan fingerprint density at radius 2 is 1.56 bits per heavy atom. The van der Waals surface area contributed by atoms with Crippen LogP contribution in [-0.2, 0) is 27.3 Å². The minimum atomic E-state index is -0.889. The van der Waals surface area contributed by atoms with E-state index in [-0.39, 0.29) is 31.3 Å². The summed E-state index contributed by atoms with van der Waals surface area (Å²) in [6.07, 6.45) is 2.15. The van der Waals surface area contributed by atoms with E-state index in [0.29, 0.717) is 0 Å². The number of fused-ring (bicyclic) bond motifs is 1. The van der Waals surface area contributed by atoms with Crippen LogP contribution in [0.2, 0.25) is 0 Å². The minimum Gasteiger partial charge on any atom is -0.369 e. The number of nitrogens with zero attached hydrogens (tertiary/aromatic N) is 3. The summed E-state index contributed by atoms with van der Waals surface area (Å²) < 4.78 is 0. The van der Waals surface area contributed by atoms with Gasteiger partial charge in [-0.15, -0.1) is 0 Å². The lowest BCUT2D eigenvalue weighted by atomic mass is 10.0. The number of para-hydroxylation sites is 2. The number of benzene rings is 3. The molecule has 1 aromatic heterocycles. The van der Waals surface area contributed by atoms with E-state index in [1.807, 2.05) is 79.9 Å². The van der Waals surface area contributed by atoms with E-state index in [0.717, 1.165) is 53.8 Å². The summed E-state index contributed by atoms with van der Waals surface area (Å²) >= 11 is 0. The second-order valence-corrected chi connectivity index (χ2v) is 10.7. The van der Waals surface area contributed by atoms with Gasteiger partial charge in [0.1, 0.15) is 6.04 Å². The number of rotatable bonds is 9. The number of aryl methyl sites for hydroxylation is 1. The lowest BCUT2D eigenvalue weighted by Crippen LogP contribution is -2.54. The van der Waals surface area contributed by atoms with Crippen molar-refractivity contribution in [2.45, 2.75) is 32.9 Å². The number of hydrogen-bond donors (Lipinski definition) is 2. The van der Waals surface area contributed by atoms with E-state index in [1.54, 1.807) is 0 Å². The molecule has 1 aliphatic heterocycles. The molecule has 8 heteroatoms. The van der Waals surface area contributed by atoms with Gasteiger partial charge in [0.25, 0.3) is 5.91 Å². The van der Waals surface area contributed by atoms with Crippen LogP contribution in [0.5, 0.6) is 0 Å². The van der Waals surface area contributed by atoms with Crippen LogP contribution in [0.1, 0.15) is 23.6 Å². The highest BCUT2D eigenvalue weighted by Crippen LogP contribution is 2.21. The van der Waals surface area contributed by atoms with Gasteiger partial charge in [-0.25, -0.2) is 0 Å². The number of anilines is 1. The molecule has 3 aromatic carbocycles. The van der Waals surface area contributed by atoms with Crippen LogP contribution in [0.4, 0.5) is 5.69 Å². The first-order valence-electron chi connectivity index (χ1n) is 14.1. The third kappa shape index (κ3) is 6.84. The number of imide groups is 1. The van der Waals surface area contributed by atoms with Gasteiger partial charge in [-0.2, -0.15) is 0 Å². The molecule has 41 heavy (non-hydrogen) atoms. The van der Waals surface area contributed by atoms with Crippen molar-refractivity contribution in [3.63, 3.8) is 0 Å². The number of aromatic amines is 1. The van der Waals surface area contributed by atoms with Crippen molar-refractivity contribution >= 4 is 34.3 Å². The molecule has 8 nitrogen and oxygen atoms in total. The van der Waals surface area contributed by atoms with Crippen LogP contribution < -0.4 is 10.2 Å². The van der Waals surface area contributed by atoms with Gasteiger partial charge in [-0.05, 0) is 41.8 Å². The average molecular weight is 552 g/mol. The second-order valence-electron chi connectivity index (χ2n) is 10.7. The SMILES string of the molecule is CC(=O)N(Cc1ccccc1C)C(=O)C(Cc1c[nH]c2ccccc12)NC(=O)CN1CCN(c2ccccc2)CC1. The number of carbonyl (C=O) groups excluding carboxylic acids is 3. The van der Waals surface area contributed by atoms with Crippen molar-refractivity contribution in [1.82, 2.24) is 20.1 Å². The zero-order valence-electron chi connectivity index (χ0n) is 23.7. The Bertz CT molecular complexity index is 1510. The predicted molar refractivity (Wildman–Crippen MR) is 161 cm³/mol. The molecule has 1 atom stereocenters. The first-order valence-corrected chi connectivity index (χ1v) is 14.1. The molecule has 0 saturated carbocycles. The van der Waals surface area contributed by atoms with E-state index >= 15 is 0 Å². The van der Waals surface area contributed by atoms with Gasteiger partial charge in [0.15, 0.2) is 0 Å². The number of amides is 3. The highest BCUT2D eigenvalue weighted by molar-refractivity contribution is 5.99. The molecule has 212 valence electrons. The van der Waals surface area contributed by atoms with Crippen LogP contribution in [0.25, 0.3) is 10.9 Å². The second kappa shape index (κ2) is 12.8. The van der Waals surface area contributed by atoms with Crippen molar-refractivity contribution in [3.8, 4) is 0 Å². The molecule has 0 radical (unpaired) electrons. The first-order chi connectivity index (χ1) is 19.9. The van der Waals surface area contributed by atoms with Gasteiger partial charge >= 0.3 is 0 Å². The quantitative estimate of drug-likeness (QED) is 0.330. The Hall–Kier alpha value is -4.43. The summed E-state index contributed by atoms with van der Waals surface area (Å²) in [6, 6.07) is 24.9. The van der Waals surface area contributed by atoms with Gasteiger partial charge in [-0.3, -0.25) is 24.2 Å². The van der Waals surface area contributed by atoms with Gasteiger partial charge < -0.3 is 15.2 Å². The topological polar surface area (TPSA) is 88.8 Å². The molecule has 1 fully saturated rings. The largest absolute Gasteiger partial charge is 0.369 e. The zero-order valence-corrected chi connectivity index (χ0v) is 23.7. The molecular formula is C33H37N5O3. The molecule has 5 rings (SSSR count). The molecule has 1 saturated heterocycles. The van der Waals surface area contributed by atoms with E-state index in [4.69, 9.17) is 0 Å². The summed E-state index contributed by atoms with van der Waals surface area (Å²) in [5, 5.41) is 3.98. The number of hydrogen-bond acceptors (Lipinski definition) is 5. The lowest BCUT2D eigenvalue weighted by Gasteiger charge is -2.36. The van der Waals surface area contributed by atoms with Crippen LogP contribution >= 0.6 is 0 Å². The molecule has 2 N–H and O–H groups in total. The molecule has 4 aromatic rings. The fourth-order valence-corrected chi connectivity index (χ4v) is 5.46. The average Bonchev–Trinajstić information content (AvgIpc) is 3.39. The van der Waals surface area contributed by atoms with Crippen LogP contribution in [0, 0.1) is 6.92 Å². The first kappa shape index (κ1) is 28.1. The summed E-state index contributed by atoms with van der Waals surface area (Å²) in [7, 11) is 0. The van der Waals surface area contributed by atoms with Crippen LogP contribution in [0.3, 0.4) is 0 Å². The van der Waals surface area contributed by atoms with Crippen LogP contribution in [0.15, 0.2) is 85.1 Å². The summed E-state index contributed by atoms with van der Waals surface area (Å²) in [5.41, 5.74) is 4.94. The molecule has 1 unspecified atom stereocenters. The van der Waals surface area contributed by atoms with Crippen LogP contribution in [-0.4, -0.2) is 71.3 Å². The third-order valence-corrected chi connectivity index (χ3v) is 7.83. The number of nitrogens with one attached hydrogen (secondary N) is 2. The predicted octanol–water partition coefficient (Wildman–Crippen LogP) is 3.90. The Labute approximate surface area is 240 Å². The molecule has 1 aliphatic rings.